The average molecular weight is 347 g/mol. The lowest BCUT2D eigenvalue weighted by molar-refractivity contribution is -0.129. The minimum Gasteiger partial charge on any atom is -0.503 e. The van der Waals surface area contributed by atoms with Crippen LogP contribution in [0, 0.1) is 0 Å². The first-order valence-electron chi connectivity index (χ1n) is 8.04. The normalized spacial score (nSPS) is 18.9. The molecule has 0 spiro atoms. The van der Waals surface area contributed by atoms with Crippen LogP contribution < -0.4 is 9.47 Å². The Bertz CT molecular complexity index is 754. The van der Waals surface area contributed by atoms with Crippen molar-refractivity contribution in [1.82, 2.24) is 4.90 Å². The second kappa shape index (κ2) is 6.76. The number of benzene rings is 1. The smallest absolute Gasteiger partial charge is 0.290 e. The van der Waals surface area contributed by atoms with Gasteiger partial charge in [-0.1, -0.05) is 0 Å². The van der Waals surface area contributed by atoms with Gasteiger partial charge in [-0.2, -0.15) is 0 Å². The van der Waals surface area contributed by atoms with Crippen LogP contribution in [0.4, 0.5) is 0 Å². The number of hydrogen-bond acceptors (Lipinski definition) is 6. The minimum atomic E-state index is -0.597. The van der Waals surface area contributed by atoms with E-state index in [0.29, 0.717) is 24.5 Å². The van der Waals surface area contributed by atoms with E-state index in [-0.39, 0.29) is 24.4 Å². The number of rotatable bonds is 6. The highest BCUT2D eigenvalue weighted by Gasteiger charge is 2.45. The largest absolute Gasteiger partial charge is 0.503 e. The molecule has 1 aromatic carbocycles. The van der Waals surface area contributed by atoms with Gasteiger partial charge in [0.1, 0.15) is 0 Å². The van der Waals surface area contributed by atoms with Gasteiger partial charge in [-0.15, -0.1) is 0 Å². The number of ether oxygens (including phenoxy) is 3. The fourth-order valence-corrected chi connectivity index (χ4v) is 3.47. The van der Waals surface area contributed by atoms with Gasteiger partial charge in [0.2, 0.25) is 0 Å². The Labute approximate surface area is 145 Å². The second-order valence-corrected chi connectivity index (χ2v) is 5.99. The Morgan fingerprint density at radius 2 is 1.92 bits per heavy atom. The van der Waals surface area contributed by atoms with E-state index in [4.69, 9.17) is 14.2 Å². The minimum absolute atomic E-state index is 0.107. The summed E-state index contributed by atoms with van der Waals surface area (Å²) >= 11 is 0. The molecule has 0 saturated heterocycles. The van der Waals surface area contributed by atoms with Gasteiger partial charge in [0.05, 0.1) is 32.4 Å². The lowest BCUT2D eigenvalue weighted by atomic mass is 9.87. The number of aliphatic hydroxyl groups excluding tert-OH is 1. The molecule has 2 heterocycles. The Morgan fingerprint density at radius 1 is 1.24 bits per heavy atom. The molecule has 1 atom stereocenters. The van der Waals surface area contributed by atoms with E-state index >= 15 is 0 Å². The number of carbonyl (C=O) groups excluding carboxylic acids is 2. The molecule has 1 unspecified atom stereocenters. The van der Waals surface area contributed by atoms with E-state index in [1.807, 2.05) is 6.07 Å². The number of hydrogen-bond donors (Lipinski definition) is 1. The van der Waals surface area contributed by atoms with Crippen LogP contribution in [0.25, 0.3) is 0 Å². The van der Waals surface area contributed by atoms with Gasteiger partial charge in [-0.3, -0.25) is 9.59 Å². The summed E-state index contributed by atoms with van der Waals surface area (Å²) in [5.74, 6) is -0.145. The standard InChI is InChI=1S/C18H21NO6/c1-23-7-5-12(20)15-16-11-9-14(25-3)13(24-2)8-10(11)4-6-19(16)18(22)17(15)21/h8-9,16,21H,4-7H2,1-3H3. The van der Waals surface area contributed by atoms with E-state index in [2.05, 4.69) is 0 Å². The fraction of sp³-hybridized carbons (Fsp3) is 0.444. The lowest BCUT2D eigenvalue weighted by Crippen LogP contribution is -2.37. The van der Waals surface area contributed by atoms with Crippen molar-refractivity contribution in [2.24, 2.45) is 0 Å². The zero-order valence-electron chi connectivity index (χ0n) is 14.5. The molecule has 7 nitrogen and oxygen atoms in total. The summed E-state index contributed by atoms with van der Waals surface area (Å²) in [5.41, 5.74) is 1.88. The molecule has 3 rings (SSSR count). The number of methoxy groups -OCH3 is 3. The van der Waals surface area contributed by atoms with Gasteiger partial charge in [-0.05, 0) is 29.7 Å². The van der Waals surface area contributed by atoms with E-state index < -0.39 is 17.7 Å². The second-order valence-electron chi connectivity index (χ2n) is 5.99. The summed E-state index contributed by atoms with van der Waals surface area (Å²) in [6.07, 6.45) is 0.723. The quantitative estimate of drug-likeness (QED) is 0.841. The summed E-state index contributed by atoms with van der Waals surface area (Å²) < 4.78 is 15.6. The Morgan fingerprint density at radius 3 is 2.56 bits per heavy atom. The molecule has 7 heteroatoms. The highest BCUT2D eigenvalue weighted by atomic mass is 16.5. The van der Waals surface area contributed by atoms with Crippen molar-refractivity contribution in [1.29, 1.82) is 0 Å². The van der Waals surface area contributed by atoms with Gasteiger partial charge in [0.15, 0.2) is 23.0 Å². The van der Waals surface area contributed by atoms with Gasteiger partial charge in [0, 0.05) is 20.1 Å². The van der Waals surface area contributed by atoms with Gasteiger partial charge in [-0.25, -0.2) is 0 Å². The third-order valence-electron chi connectivity index (χ3n) is 4.70. The number of fused-ring (bicyclic) bond motifs is 3. The van der Waals surface area contributed by atoms with Crippen molar-refractivity contribution in [2.45, 2.75) is 18.9 Å². The predicted molar refractivity (Wildman–Crippen MR) is 88.9 cm³/mol. The molecule has 0 fully saturated rings. The molecule has 1 amide bonds. The van der Waals surface area contributed by atoms with Crippen LogP contribution in [-0.4, -0.2) is 56.2 Å². The Hall–Kier alpha value is -2.54. The van der Waals surface area contributed by atoms with Crippen LogP contribution in [0.2, 0.25) is 0 Å². The third kappa shape index (κ3) is 2.74. The van der Waals surface area contributed by atoms with Crippen molar-refractivity contribution in [3.63, 3.8) is 0 Å². The number of nitrogens with zero attached hydrogens (tertiary/aromatic N) is 1. The first kappa shape index (κ1) is 17.3. The van der Waals surface area contributed by atoms with Crippen LogP contribution in [0.3, 0.4) is 0 Å². The Balaban J connectivity index is 2.08. The first-order chi connectivity index (χ1) is 12.0. The molecule has 1 N–H and O–H groups in total. The number of carbonyl (C=O) groups is 2. The zero-order valence-corrected chi connectivity index (χ0v) is 14.5. The maximum atomic E-state index is 12.6. The zero-order chi connectivity index (χ0) is 18.1. The van der Waals surface area contributed by atoms with E-state index in [1.165, 1.54) is 19.1 Å². The van der Waals surface area contributed by atoms with Crippen LogP contribution in [0.15, 0.2) is 23.5 Å². The fourth-order valence-electron chi connectivity index (χ4n) is 3.47. The number of amides is 1. The molecule has 134 valence electrons. The SMILES string of the molecule is COCCC(=O)C1=C(O)C(=O)N2CCc3cc(OC)c(OC)cc3C12. The van der Waals surface area contributed by atoms with Gasteiger partial charge in [0.25, 0.3) is 5.91 Å². The molecule has 1 aromatic rings. The maximum Gasteiger partial charge on any atom is 0.290 e. The summed E-state index contributed by atoms with van der Waals surface area (Å²) in [6.45, 7) is 0.659. The Kier molecular flexibility index (Phi) is 4.67. The van der Waals surface area contributed by atoms with Crippen molar-refractivity contribution in [2.75, 3.05) is 34.5 Å². The molecule has 0 aromatic heterocycles. The predicted octanol–water partition coefficient (Wildman–Crippen LogP) is 1.56. The molecular weight excluding hydrogens is 326 g/mol. The van der Waals surface area contributed by atoms with Crippen LogP contribution in [-0.2, 0) is 20.7 Å². The van der Waals surface area contributed by atoms with E-state index in [0.717, 1.165) is 11.1 Å². The van der Waals surface area contributed by atoms with Crippen LogP contribution in [0.1, 0.15) is 23.6 Å². The van der Waals surface area contributed by atoms with Gasteiger partial charge >= 0.3 is 0 Å². The third-order valence-corrected chi connectivity index (χ3v) is 4.70. The first-order valence-corrected chi connectivity index (χ1v) is 8.04. The molecule has 0 bridgehead atoms. The van der Waals surface area contributed by atoms with E-state index in [1.54, 1.807) is 13.2 Å². The molecule has 25 heavy (non-hydrogen) atoms. The number of ketones is 1. The highest BCUT2D eigenvalue weighted by Crippen LogP contribution is 2.45. The molecular formula is C18H21NO6. The average Bonchev–Trinajstić information content (AvgIpc) is 2.89. The summed E-state index contributed by atoms with van der Waals surface area (Å²) in [7, 11) is 4.59. The highest BCUT2D eigenvalue weighted by molar-refractivity contribution is 6.09. The topological polar surface area (TPSA) is 85.3 Å². The maximum absolute atomic E-state index is 12.6. The van der Waals surface area contributed by atoms with Crippen molar-refractivity contribution in [3.05, 3.63) is 34.6 Å². The summed E-state index contributed by atoms with van der Waals surface area (Å²) in [4.78, 5) is 26.5. The summed E-state index contributed by atoms with van der Waals surface area (Å²) in [5, 5.41) is 10.3. The molecule has 2 aliphatic heterocycles. The molecule has 0 saturated carbocycles. The van der Waals surface area contributed by atoms with Crippen LogP contribution in [0.5, 0.6) is 11.5 Å². The van der Waals surface area contributed by atoms with E-state index in [9.17, 15) is 14.7 Å². The van der Waals surface area contributed by atoms with Gasteiger partial charge < -0.3 is 24.2 Å². The summed E-state index contributed by atoms with van der Waals surface area (Å²) in [6, 6.07) is 3.05. The van der Waals surface area contributed by atoms with Crippen molar-refractivity contribution in [3.8, 4) is 11.5 Å². The lowest BCUT2D eigenvalue weighted by Gasteiger charge is -2.33. The molecule has 0 radical (unpaired) electrons. The molecule has 0 aliphatic carbocycles. The molecule has 2 aliphatic rings. The number of Topliss-reactive ketones (excluding diaryl/α,β-unsaturated/α-hetero) is 1. The van der Waals surface area contributed by atoms with Crippen molar-refractivity contribution >= 4 is 11.7 Å². The monoisotopic (exact) mass is 347 g/mol. The number of aliphatic hydroxyl groups is 1. The van der Waals surface area contributed by atoms with Crippen molar-refractivity contribution < 1.29 is 28.9 Å². The van der Waals surface area contributed by atoms with Crippen LogP contribution >= 0.6 is 0 Å².